The number of hydrogen-bond donors (Lipinski definition) is 0. The lowest BCUT2D eigenvalue weighted by Gasteiger charge is -2.05. The summed E-state index contributed by atoms with van der Waals surface area (Å²) in [4.78, 5) is 9.42. The van der Waals surface area contributed by atoms with Crippen LogP contribution in [0.3, 0.4) is 0 Å². The largest absolute Gasteiger partial charge is 0.249 e. The van der Waals surface area contributed by atoms with E-state index >= 15 is 0 Å². The van der Waals surface area contributed by atoms with Crippen molar-refractivity contribution in [3.63, 3.8) is 0 Å². The molecule has 1 aliphatic carbocycles. The van der Waals surface area contributed by atoms with Crippen molar-refractivity contribution in [2.24, 2.45) is 0 Å². The molecule has 1 heterocycles. The van der Waals surface area contributed by atoms with E-state index < -0.39 is 0 Å². The molecule has 0 bridgehead atoms. The Balaban J connectivity index is 2.24. The molecule has 1 aliphatic rings. The molecule has 1 aromatic carbocycles. The van der Waals surface area contributed by atoms with Crippen molar-refractivity contribution in [3.8, 4) is 0 Å². The molecule has 1 saturated carbocycles. The number of rotatable bonds is 2. The van der Waals surface area contributed by atoms with Crippen molar-refractivity contribution in [1.29, 1.82) is 0 Å². The molecular weight excluding hydrogens is 196 g/mol. The number of aromatic nitrogens is 2. The van der Waals surface area contributed by atoms with Gasteiger partial charge < -0.3 is 0 Å². The lowest BCUT2D eigenvalue weighted by Crippen LogP contribution is -1.96. The number of allylic oxidation sites excluding steroid dienone is 1. The highest BCUT2D eigenvalue weighted by atomic mass is 14.8. The van der Waals surface area contributed by atoms with E-state index in [-0.39, 0.29) is 0 Å². The van der Waals surface area contributed by atoms with Gasteiger partial charge in [-0.2, -0.15) is 0 Å². The van der Waals surface area contributed by atoms with Crippen molar-refractivity contribution in [3.05, 3.63) is 41.7 Å². The zero-order valence-corrected chi connectivity index (χ0v) is 9.35. The molecule has 1 aromatic heterocycles. The Labute approximate surface area is 95.0 Å². The van der Waals surface area contributed by atoms with E-state index in [1.54, 1.807) is 0 Å². The van der Waals surface area contributed by atoms with Crippen LogP contribution in [0.4, 0.5) is 0 Å². The second-order valence-electron chi connectivity index (χ2n) is 4.26. The Hall–Kier alpha value is -1.70. The number of nitrogens with zero attached hydrogens (tertiary/aromatic N) is 2. The highest BCUT2D eigenvalue weighted by Crippen LogP contribution is 2.40. The van der Waals surface area contributed by atoms with Gasteiger partial charge in [-0.15, -0.1) is 0 Å². The van der Waals surface area contributed by atoms with E-state index in [2.05, 4.69) is 11.1 Å². The first kappa shape index (κ1) is 9.52. The first-order valence-electron chi connectivity index (χ1n) is 5.78. The molecule has 0 unspecified atom stereocenters. The van der Waals surface area contributed by atoms with E-state index in [9.17, 15) is 0 Å². The summed E-state index contributed by atoms with van der Waals surface area (Å²) in [5.41, 5.74) is 4.22. The van der Waals surface area contributed by atoms with Crippen LogP contribution in [0.15, 0.2) is 30.3 Å². The molecule has 2 heteroatoms. The highest BCUT2D eigenvalue weighted by Gasteiger charge is 2.27. The fraction of sp³-hybridized carbons (Fsp3) is 0.286. The van der Waals surface area contributed by atoms with Gasteiger partial charge in [0.2, 0.25) is 0 Å². The molecule has 0 spiro atoms. The molecule has 2 nitrogen and oxygen atoms in total. The number of fused-ring (bicyclic) bond motifs is 1. The summed E-state index contributed by atoms with van der Waals surface area (Å²) in [6.45, 7) is 2.02. The van der Waals surface area contributed by atoms with E-state index in [0.717, 1.165) is 16.7 Å². The van der Waals surface area contributed by atoms with Gasteiger partial charge in [0.25, 0.3) is 0 Å². The molecule has 0 amide bonds. The zero-order chi connectivity index (χ0) is 11.0. The Morgan fingerprint density at radius 3 is 2.44 bits per heavy atom. The SMILES string of the molecule is CC=Cc1nc2ccccc2nc1C1CC1. The summed E-state index contributed by atoms with van der Waals surface area (Å²) in [5.74, 6) is 0.642. The minimum absolute atomic E-state index is 0.642. The predicted molar refractivity (Wildman–Crippen MR) is 66.2 cm³/mol. The normalized spacial score (nSPS) is 16.1. The summed E-state index contributed by atoms with van der Waals surface area (Å²) in [7, 11) is 0. The quantitative estimate of drug-likeness (QED) is 0.757. The number of para-hydroxylation sites is 2. The van der Waals surface area contributed by atoms with Crippen molar-refractivity contribution in [2.75, 3.05) is 0 Å². The maximum atomic E-state index is 4.74. The fourth-order valence-corrected chi connectivity index (χ4v) is 1.97. The zero-order valence-electron chi connectivity index (χ0n) is 9.35. The Kier molecular flexibility index (Phi) is 2.21. The monoisotopic (exact) mass is 210 g/mol. The first-order chi connectivity index (χ1) is 7.88. The smallest absolute Gasteiger partial charge is 0.0894 e. The Bertz CT molecular complexity index is 554. The van der Waals surface area contributed by atoms with Crippen molar-refractivity contribution in [2.45, 2.75) is 25.7 Å². The molecule has 0 radical (unpaired) electrons. The molecular formula is C14H14N2. The first-order valence-corrected chi connectivity index (χ1v) is 5.78. The van der Waals surface area contributed by atoms with Crippen LogP contribution in [0.5, 0.6) is 0 Å². The lowest BCUT2D eigenvalue weighted by atomic mass is 10.2. The summed E-state index contributed by atoms with van der Waals surface area (Å²) < 4.78 is 0. The minimum atomic E-state index is 0.642. The van der Waals surface area contributed by atoms with Crippen LogP contribution in [0.25, 0.3) is 17.1 Å². The van der Waals surface area contributed by atoms with Crippen LogP contribution in [-0.4, -0.2) is 9.97 Å². The Morgan fingerprint density at radius 1 is 1.12 bits per heavy atom. The van der Waals surface area contributed by atoms with E-state index in [4.69, 9.17) is 4.98 Å². The van der Waals surface area contributed by atoms with Gasteiger partial charge >= 0.3 is 0 Å². The summed E-state index contributed by atoms with van der Waals surface area (Å²) in [5, 5.41) is 0. The van der Waals surface area contributed by atoms with E-state index in [1.165, 1.54) is 18.5 Å². The van der Waals surface area contributed by atoms with Gasteiger partial charge in [-0.1, -0.05) is 18.2 Å². The molecule has 3 rings (SSSR count). The second kappa shape index (κ2) is 3.71. The third kappa shape index (κ3) is 1.60. The maximum Gasteiger partial charge on any atom is 0.0894 e. The predicted octanol–water partition coefficient (Wildman–Crippen LogP) is 3.54. The third-order valence-electron chi connectivity index (χ3n) is 2.91. The molecule has 0 saturated heterocycles. The molecule has 0 aliphatic heterocycles. The van der Waals surface area contributed by atoms with Crippen LogP contribution in [0.2, 0.25) is 0 Å². The van der Waals surface area contributed by atoms with Crippen LogP contribution in [0.1, 0.15) is 37.1 Å². The van der Waals surface area contributed by atoms with Crippen LogP contribution >= 0.6 is 0 Å². The molecule has 1 fully saturated rings. The second-order valence-corrected chi connectivity index (χ2v) is 4.26. The van der Waals surface area contributed by atoms with E-state index in [1.807, 2.05) is 37.3 Å². The minimum Gasteiger partial charge on any atom is -0.249 e. The van der Waals surface area contributed by atoms with Gasteiger partial charge in [0.15, 0.2) is 0 Å². The maximum absolute atomic E-state index is 4.74. The van der Waals surface area contributed by atoms with Crippen molar-refractivity contribution < 1.29 is 0 Å². The molecule has 16 heavy (non-hydrogen) atoms. The van der Waals surface area contributed by atoms with Gasteiger partial charge in [-0.25, -0.2) is 9.97 Å². The van der Waals surface area contributed by atoms with Gasteiger partial charge in [-0.05, 0) is 38.0 Å². The molecule has 0 N–H and O–H groups in total. The van der Waals surface area contributed by atoms with Gasteiger partial charge in [0, 0.05) is 5.92 Å². The van der Waals surface area contributed by atoms with Crippen LogP contribution < -0.4 is 0 Å². The van der Waals surface area contributed by atoms with Crippen molar-refractivity contribution in [1.82, 2.24) is 9.97 Å². The average Bonchev–Trinajstić information content (AvgIpc) is 3.12. The molecule has 2 aromatic rings. The summed E-state index contributed by atoms with van der Waals surface area (Å²) in [6, 6.07) is 8.08. The Morgan fingerprint density at radius 2 is 1.81 bits per heavy atom. The van der Waals surface area contributed by atoms with Gasteiger partial charge in [0.1, 0.15) is 0 Å². The highest BCUT2D eigenvalue weighted by molar-refractivity contribution is 5.76. The van der Waals surface area contributed by atoms with Gasteiger partial charge in [0.05, 0.1) is 22.4 Å². The molecule has 80 valence electrons. The van der Waals surface area contributed by atoms with Crippen molar-refractivity contribution >= 4 is 17.1 Å². The standard InChI is InChI=1S/C14H14N2/c1-2-5-13-14(10-8-9-10)16-12-7-4-3-6-11(12)15-13/h2-7,10H,8-9H2,1H3. The third-order valence-corrected chi connectivity index (χ3v) is 2.91. The fourth-order valence-electron chi connectivity index (χ4n) is 1.97. The topological polar surface area (TPSA) is 25.8 Å². The van der Waals surface area contributed by atoms with Crippen LogP contribution in [-0.2, 0) is 0 Å². The number of benzene rings is 1. The van der Waals surface area contributed by atoms with Gasteiger partial charge in [-0.3, -0.25) is 0 Å². The summed E-state index contributed by atoms with van der Waals surface area (Å²) in [6.07, 6.45) is 6.62. The van der Waals surface area contributed by atoms with Crippen LogP contribution in [0, 0.1) is 0 Å². The molecule has 0 atom stereocenters. The number of hydrogen-bond acceptors (Lipinski definition) is 2. The average molecular weight is 210 g/mol. The lowest BCUT2D eigenvalue weighted by molar-refractivity contribution is 1.01. The summed E-state index contributed by atoms with van der Waals surface area (Å²) >= 11 is 0. The van der Waals surface area contributed by atoms with E-state index in [0.29, 0.717) is 5.92 Å².